The SMILES string of the molecule is CCOC(=O)c1cnn(-c2ccc3ccccc3n2)c1NC(=O)CCOc1ccccc1Cl. The predicted molar refractivity (Wildman–Crippen MR) is 125 cm³/mol. The quantitative estimate of drug-likeness (QED) is 0.381. The third-order valence-corrected chi connectivity index (χ3v) is 5.06. The van der Waals surface area contributed by atoms with Crippen molar-refractivity contribution >= 4 is 40.2 Å². The average Bonchev–Trinajstić information content (AvgIpc) is 3.23. The summed E-state index contributed by atoms with van der Waals surface area (Å²) < 4.78 is 12.1. The summed E-state index contributed by atoms with van der Waals surface area (Å²) in [5.41, 5.74) is 0.890. The van der Waals surface area contributed by atoms with Crippen LogP contribution in [0.4, 0.5) is 5.82 Å². The first-order valence-corrected chi connectivity index (χ1v) is 10.7. The van der Waals surface area contributed by atoms with Crippen molar-refractivity contribution < 1.29 is 19.1 Å². The Labute approximate surface area is 195 Å². The van der Waals surface area contributed by atoms with E-state index in [9.17, 15) is 9.59 Å². The van der Waals surface area contributed by atoms with E-state index in [1.807, 2.05) is 30.3 Å². The fraction of sp³-hybridized carbons (Fsp3) is 0.167. The molecule has 0 saturated carbocycles. The number of benzene rings is 2. The number of para-hydroxylation sites is 2. The zero-order chi connectivity index (χ0) is 23.2. The van der Waals surface area contributed by atoms with Crippen molar-refractivity contribution in [3.63, 3.8) is 0 Å². The molecule has 8 nitrogen and oxygen atoms in total. The molecule has 33 heavy (non-hydrogen) atoms. The van der Waals surface area contributed by atoms with Crippen LogP contribution in [0.2, 0.25) is 5.02 Å². The molecule has 0 unspecified atom stereocenters. The third kappa shape index (κ3) is 5.12. The second kappa shape index (κ2) is 10.1. The number of nitrogens with zero attached hydrogens (tertiary/aromatic N) is 3. The summed E-state index contributed by atoms with van der Waals surface area (Å²) in [6.07, 6.45) is 1.38. The van der Waals surface area contributed by atoms with Gasteiger partial charge in [0.05, 0.1) is 36.4 Å². The maximum absolute atomic E-state index is 12.7. The number of rotatable bonds is 8. The molecule has 0 saturated heterocycles. The highest BCUT2D eigenvalue weighted by Gasteiger charge is 2.22. The van der Waals surface area contributed by atoms with E-state index in [0.717, 1.165) is 10.9 Å². The fourth-order valence-electron chi connectivity index (χ4n) is 3.18. The highest BCUT2D eigenvalue weighted by molar-refractivity contribution is 6.32. The number of amides is 1. The van der Waals surface area contributed by atoms with Gasteiger partial charge in [0.1, 0.15) is 11.3 Å². The molecule has 2 aromatic heterocycles. The average molecular weight is 465 g/mol. The number of hydrogen-bond donors (Lipinski definition) is 1. The normalized spacial score (nSPS) is 10.7. The van der Waals surface area contributed by atoms with Crippen LogP contribution in [0.15, 0.2) is 66.9 Å². The maximum Gasteiger partial charge on any atom is 0.343 e. The summed E-state index contributed by atoms with van der Waals surface area (Å²) in [6.45, 7) is 2.00. The van der Waals surface area contributed by atoms with Gasteiger partial charge in [-0.2, -0.15) is 9.78 Å². The topological polar surface area (TPSA) is 95.3 Å². The van der Waals surface area contributed by atoms with Crippen LogP contribution in [0, 0.1) is 0 Å². The van der Waals surface area contributed by atoms with Crippen molar-refractivity contribution in [2.24, 2.45) is 0 Å². The van der Waals surface area contributed by atoms with Crippen molar-refractivity contribution in [2.45, 2.75) is 13.3 Å². The van der Waals surface area contributed by atoms with Crippen molar-refractivity contribution in [3.8, 4) is 11.6 Å². The Morgan fingerprint density at radius 1 is 1.06 bits per heavy atom. The van der Waals surface area contributed by atoms with Crippen molar-refractivity contribution in [1.29, 1.82) is 0 Å². The number of carbonyl (C=O) groups excluding carboxylic acids is 2. The standard InChI is InChI=1S/C24H21ClN4O4/c1-2-32-24(31)17-15-26-29(21-12-11-16-7-3-5-9-19(16)27-21)23(17)28-22(30)13-14-33-20-10-6-4-8-18(20)25/h3-12,15H,2,13-14H2,1H3,(H,28,30). The first-order chi connectivity index (χ1) is 16.1. The predicted octanol–water partition coefficient (Wildman–Crippen LogP) is 4.66. The van der Waals surface area contributed by atoms with E-state index in [2.05, 4.69) is 15.4 Å². The van der Waals surface area contributed by atoms with Crippen LogP contribution < -0.4 is 10.1 Å². The lowest BCUT2D eigenvalue weighted by molar-refractivity contribution is -0.116. The zero-order valence-electron chi connectivity index (χ0n) is 17.8. The minimum Gasteiger partial charge on any atom is -0.491 e. The molecule has 0 bridgehead atoms. The lowest BCUT2D eigenvalue weighted by Gasteiger charge is -2.12. The Bertz CT molecular complexity index is 1300. The third-order valence-electron chi connectivity index (χ3n) is 4.75. The molecule has 4 rings (SSSR count). The van der Waals surface area contributed by atoms with Gasteiger partial charge in [-0.25, -0.2) is 9.78 Å². The summed E-state index contributed by atoms with van der Waals surface area (Å²) in [5, 5.41) is 8.45. The Morgan fingerprint density at radius 2 is 1.85 bits per heavy atom. The van der Waals surface area contributed by atoms with Crippen molar-refractivity contribution in [2.75, 3.05) is 18.5 Å². The number of hydrogen-bond acceptors (Lipinski definition) is 6. The lowest BCUT2D eigenvalue weighted by Crippen LogP contribution is -2.20. The maximum atomic E-state index is 12.7. The van der Waals surface area contributed by atoms with E-state index in [1.165, 1.54) is 10.9 Å². The molecule has 0 radical (unpaired) electrons. The van der Waals surface area contributed by atoms with E-state index in [4.69, 9.17) is 21.1 Å². The van der Waals surface area contributed by atoms with Gasteiger partial charge in [0.25, 0.3) is 0 Å². The van der Waals surface area contributed by atoms with E-state index in [1.54, 1.807) is 37.3 Å². The first-order valence-electron chi connectivity index (χ1n) is 10.4. The molecule has 0 atom stereocenters. The highest BCUT2D eigenvalue weighted by Crippen LogP contribution is 2.24. The number of esters is 1. The van der Waals surface area contributed by atoms with Crippen molar-refractivity contribution in [1.82, 2.24) is 14.8 Å². The smallest absolute Gasteiger partial charge is 0.343 e. The molecule has 2 aromatic carbocycles. The lowest BCUT2D eigenvalue weighted by atomic mass is 10.2. The Hall–Kier alpha value is -3.91. The molecule has 0 aliphatic carbocycles. The molecule has 168 valence electrons. The van der Waals surface area contributed by atoms with Crippen LogP contribution in [0.5, 0.6) is 5.75 Å². The van der Waals surface area contributed by atoms with Crippen LogP contribution in [0.1, 0.15) is 23.7 Å². The number of carbonyl (C=O) groups is 2. The van der Waals surface area contributed by atoms with E-state index in [0.29, 0.717) is 16.6 Å². The van der Waals surface area contributed by atoms with Gasteiger partial charge < -0.3 is 14.8 Å². The van der Waals surface area contributed by atoms with Gasteiger partial charge in [0.2, 0.25) is 5.91 Å². The van der Waals surface area contributed by atoms with Crippen LogP contribution >= 0.6 is 11.6 Å². The van der Waals surface area contributed by atoms with Gasteiger partial charge in [0, 0.05) is 5.39 Å². The number of nitrogens with one attached hydrogen (secondary N) is 1. The number of ether oxygens (including phenoxy) is 2. The van der Waals surface area contributed by atoms with Crippen LogP contribution in [0.25, 0.3) is 16.7 Å². The highest BCUT2D eigenvalue weighted by atomic mass is 35.5. The largest absolute Gasteiger partial charge is 0.491 e. The van der Waals surface area contributed by atoms with E-state index < -0.39 is 5.97 Å². The van der Waals surface area contributed by atoms with E-state index in [-0.39, 0.29) is 36.9 Å². The molecule has 0 spiro atoms. The number of halogens is 1. The number of pyridine rings is 1. The van der Waals surface area contributed by atoms with E-state index >= 15 is 0 Å². The molecule has 0 fully saturated rings. The van der Waals surface area contributed by atoms with Crippen LogP contribution in [-0.4, -0.2) is 39.9 Å². The summed E-state index contributed by atoms with van der Waals surface area (Å²) in [6, 6.07) is 18.3. The molecule has 1 N–H and O–H groups in total. The Balaban J connectivity index is 1.56. The second-order valence-electron chi connectivity index (χ2n) is 6.98. The summed E-state index contributed by atoms with van der Waals surface area (Å²) in [7, 11) is 0. The van der Waals surface area contributed by atoms with Crippen LogP contribution in [-0.2, 0) is 9.53 Å². The van der Waals surface area contributed by atoms with Gasteiger partial charge in [-0.3, -0.25) is 4.79 Å². The second-order valence-corrected chi connectivity index (χ2v) is 7.39. The summed E-state index contributed by atoms with van der Waals surface area (Å²) >= 11 is 6.07. The first kappa shape index (κ1) is 22.3. The molecule has 9 heteroatoms. The molecule has 1 amide bonds. The van der Waals surface area contributed by atoms with Gasteiger partial charge in [-0.15, -0.1) is 0 Å². The monoisotopic (exact) mass is 464 g/mol. The van der Waals surface area contributed by atoms with Gasteiger partial charge in [-0.05, 0) is 37.3 Å². The van der Waals surface area contributed by atoms with Crippen molar-refractivity contribution in [3.05, 3.63) is 77.4 Å². The van der Waals surface area contributed by atoms with Gasteiger partial charge >= 0.3 is 5.97 Å². The Morgan fingerprint density at radius 3 is 2.67 bits per heavy atom. The Kier molecular flexibility index (Phi) is 6.85. The summed E-state index contributed by atoms with van der Waals surface area (Å²) in [5.74, 6) is 0.165. The van der Waals surface area contributed by atoms with Gasteiger partial charge in [-0.1, -0.05) is 41.9 Å². The minimum absolute atomic E-state index is 0.0316. The molecule has 4 aromatic rings. The fourth-order valence-corrected chi connectivity index (χ4v) is 3.37. The molecule has 0 aliphatic heterocycles. The molecule has 2 heterocycles. The number of fused-ring (bicyclic) bond motifs is 1. The number of aromatic nitrogens is 3. The van der Waals surface area contributed by atoms with Crippen LogP contribution in [0.3, 0.4) is 0 Å². The summed E-state index contributed by atoms with van der Waals surface area (Å²) in [4.78, 5) is 29.7. The minimum atomic E-state index is -0.591. The number of anilines is 1. The molecular formula is C24H21ClN4O4. The zero-order valence-corrected chi connectivity index (χ0v) is 18.6. The van der Waals surface area contributed by atoms with Gasteiger partial charge in [0.15, 0.2) is 11.6 Å². The molecule has 0 aliphatic rings. The molecular weight excluding hydrogens is 444 g/mol.